The van der Waals surface area contributed by atoms with Crippen molar-refractivity contribution in [3.05, 3.63) is 59.1 Å². The minimum Gasteiger partial charge on any atom is -0.271 e. The first-order valence-electron chi connectivity index (χ1n) is 7.47. The molecule has 2 heterocycles. The maximum absolute atomic E-state index is 12.9. The van der Waals surface area contributed by atoms with Crippen LogP contribution in [0, 0.1) is 6.92 Å². The van der Waals surface area contributed by atoms with Crippen LogP contribution >= 0.6 is 11.6 Å². The van der Waals surface area contributed by atoms with Crippen molar-refractivity contribution in [3.8, 4) is 0 Å². The lowest BCUT2D eigenvalue weighted by Gasteiger charge is -2.20. The van der Waals surface area contributed by atoms with Gasteiger partial charge in [-0.3, -0.25) is 9.59 Å². The lowest BCUT2D eigenvalue weighted by Crippen LogP contribution is -2.39. The first-order valence-corrected chi connectivity index (χ1v) is 7.85. The van der Waals surface area contributed by atoms with Crippen LogP contribution in [0.5, 0.6) is 0 Å². The molecule has 0 spiro atoms. The molecule has 0 N–H and O–H groups in total. The van der Waals surface area contributed by atoms with Crippen LogP contribution in [0.4, 0.5) is 11.4 Å². The second-order valence-electron chi connectivity index (χ2n) is 5.72. The summed E-state index contributed by atoms with van der Waals surface area (Å²) in [5, 5.41) is 10.0. The molecule has 0 radical (unpaired) electrons. The maximum atomic E-state index is 12.9. The number of benzene rings is 2. The maximum Gasteiger partial charge on any atom is 0.263 e. The molecule has 2 amide bonds. The van der Waals surface area contributed by atoms with Gasteiger partial charge in [0.25, 0.3) is 11.8 Å². The van der Waals surface area contributed by atoms with Crippen molar-refractivity contribution in [2.75, 3.05) is 9.91 Å². The summed E-state index contributed by atoms with van der Waals surface area (Å²) in [5.74, 6) is -0.731. The van der Waals surface area contributed by atoms with Crippen LogP contribution in [-0.4, -0.2) is 23.9 Å². The summed E-state index contributed by atoms with van der Waals surface area (Å²) in [5.41, 5.74) is 2.06. The van der Waals surface area contributed by atoms with E-state index in [-0.39, 0.29) is 11.8 Å². The number of imide groups is 1. The van der Waals surface area contributed by atoms with Crippen LogP contribution in [0.15, 0.2) is 58.9 Å². The number of hydrogen-bond acceptors (Lipinski definition) is 5. The van der Waals surface area contributed by atoms with E-state index in [1.54, 1.807) is 18.2 Å². The zero-order valence-corrected chi connectivity index (χ0v) is 13.5. The van der Waals surface area contributed by atoms with Crippen LogP contribution < -0.4 is 9.91 Å². The van der Waals surface area contributed by atoms with E-state index in [0.717, 1.165) is 16.2 Å². The predicted octanol–water partition coefficient (Wildman–Crippen LogP) is 3.15. The lowest BCUT2D eigenvalue weighted by atomic mass is 10.1. The average Bonchev–Trinajstić information content (AvgIpc) is 3.12. The molecule has 1 fully saturated rings. The van der Waals surface area contributed by atoms with Crippen molar-refractivity contribution in [3.63, 3.8) is 0 Å². The van der Waals surface area contributed by atoms with E-state index in [0.29, 0.717) is 10.7 Å². The Morgan fingerprint density at radius 1 is 1.00 bits per heavy atom. The van der Waals surface area contributed by atoms with Gasteiger partial charge in [0.05, 0.1) is 11.4 Å². The molecular weight excluding hydrogens is 328 g/mol. The van der Waals surface area contributed by atoms with E-state index in [4.69, 9.17) is 11.6 Å². The summed E-state index contributed by atoms with van der Waals surface area (Å²) in [6.45, 7) is 1.86. The highest BCUT2D eigenvalue weighted by Crippen LogP contribution is 2.35. The van der Waals surface area contributed by atoms with Gasteiger partial charge in [0.15, 0.2) is 12.1 Å². The van der Waals surface area contributed by atoms with E-state index in [9.17, 15) is 9.59 Å². The third kappa shape index (κ3) is 2.11. The molecule has 7 heteroatoms. The van der Waals surface area contributed by atoms with Gasteiger partial charge in [0, 0.05) is 5.02 Å². The van der Waals surface area contributed by atoms with Crippen LogP contribution in [0.1, 0.15) is 5.56 Å². The monoisotopic (exact) mass is 340 g/mol. The first-order chi connectivity index (χ1) is 11.6. The minimum atomic E-state index is -0.821. The molecule has 2 aliphatic rings. The highest BCUT2D eigenvalue weighted by molar-refractivity contribution is 6.32. The van der Waals surface area contributed by atoms with Gasteiger partial charge in [-0.15, -0.1) is 0 Å². The number of fused-ring (bicyclic) bond motifs is 1. The largest absolute Gasteiger partial charge is 0.271 e. The Bertz CT molecular complexity index is 868. The van der Waals surface area contributed by atoms with Crippen LogP contribution in [0.2, 0.25) is 5.02 Å². The van der Waals surface area contributed by atoms with E-state index < -0.39 is 12.1 Å². The van der Waals surface area contributed by atoms with E-state index >= 15 is 0 Å². The SMILES string of the molecule is Cc1ccc(N2C(=O)[C@H]3N=NN(c4ccccc4)[C@@H]3C2=O)cc1Cl. The summed E-state index contributed by atoms with van der Waals surface area (Å²) >= 11 is 6.13. The van der Waals surface area contributed by atoms with Gasteiger partial charge in [-0.05, 0) is 36.8 Å². The van der Waals surface area contributed by atoms with Crippen LogP contribution in [0.3, 0.4) is 0 Å². The highest BCUT2D eigenvalue weighted by atomic mass is 35.5. The lowest BCUT2D eigenvalue weighted by molar-refractivity contribution is -0.121. The smallest absolute Gasteiger partial charge is 0.263 e. The molecule has 2 aromatic rings. The number of aryl methyl sites for hydroxylation is 1. The molecule has 2 atom stereocenters. The topological polar surface area (TPSA) is 65.3 Å². The van der Waals surface area contributed by atoms with E-state index in [1.807, 2.05) is 37.3 Å². The van der Waals surface area contributed by atoms with Crippen molar-refractivity contribution < 1.29 is 9.59 Å². The zero-order valence-electron chi connectivity index (χ0n) is 12.8. The molecule has 0 aliphatic carbocycles. The summed E-state index contributed by atoms with van der Waals surface area (Å²) in [6.07, 6.45) is 0. The van der Waals surface area contributed by atoms with Crippen molar-refractivity contribution >= 4 is 34.8 Å². The van der Waals surface area contributed by atoms with Crippen LogP contribution in [0.25, 0.3) is 0 Å². The summed E-state index contributed by atoms with van der Waals surface area (Å²) in [4.78, 5) is 26.7. The molecule has 24 heavy (non-hydrogen) atoms. The molecule has 6 nitrogen and oxygen atoms in total. The van der Waals surface area contributed by atoms with Gasteiger partial charge >= 0.3 is 0 Å². The zero-order chi connectivity index (χ0) is 16.8. The van der Waals surface area contributed by atoms with Gasteiger partial charge in [0.2, 0.25) is 0 Å². The number of rotatable bonds is 2. The molecule has 120 valence electrons. The second-order valence-corrected chi connectivity index (χ2v) is 6.13. The fourth-order valence-electron chi connectivity index (χ4n) is 2.93. The summed E-state index contributed by atoms with van der Waals surface area (Å²) in [7, 11) is 0. The summed E-state index contributed by atoms with van der Waals surface area (Å²) in [6, 6.07) is 12.7. The van der Waals surface area contributed by atoms with Crippen LogP contribution in [-0.2, 0) is 9.59 Å². The number of amides is 2. The fraction of sp³-hybridized carbons (Fsp3) is 0.176. The number of carbonyl (C=O) groups excluding carboxylic acids is 2. The molecular formula is C17H13ClN4O2. The number of halogens is 1. The normalized spacial score (nSPS) is 22.4. The average molecular weight is 341 g/mol. The minimum absolute atomic E-state index is 0.348. The van der Waals surface area contributed by atoms with Gasteiger partial charge in [0.1, 0.15) is 0 Å². The second kappa shape index (κ2) is 5.42. The Hall–Kier alpha value is -2.73. The molecule has 2 aliphatic heterocycles. The Kier molecular flexibility index (Phi) is 3.35. The van der Waals surface area contributed by atoms with Gasteiger partial charge in [-0.1, -0.05) is 41.1 Å². The molecule has 0 bridgehead atoms. The summed E-state index contributed by atoms with van der Waals surface area (Å²) < 4.78 is 0. The van der Waals surface area contributed by atoms with Gasteiger partial charge in [-0.25, -0.2) is 9.91 Å². The van der Waals surface area contributed by atoms with E-state index in [2.05, 4.69) is 10.3 Å². The molecule has 0 unspecified atom stereocenters. The molecule has 4 rings (SSSR count). The quantitative estimate of drug-likeness (QED) is 0.789. The number of para-hydroxylation sites is 1. The van der Waals surface area contributed by atoms with Crippen molar-refractivity contribution in [2.24, 2.45) is 10.3 Å². The molecule has 0 saturated carbocycles. The number of hydrogen-bond donors (Lipinski definition) is 0. The van der Waals surface area contributed by atoms with Crippen molar-refractivity contribution in [2.45, 2.75) is 19.0 Å². The fourth-order valence-corrected chi connectivity index (χ4v) is 3.10. The van der Waals surface area contributed by atoms with Crippen molar-refractivity contribution in [1.82, 2.24) is 0 Å². The van der Waals surface area contributed by atoms with Crippen molar-refractivity contribution in [1.29, 1.82) is 0 Å². The predicted molar refractivity (Wildman–Crippen MR) is 90.0 cm³/mol. The Balaban J connectivity index is 1.72. The Morgan fingerprint density at radius 3 is 2.46 bits per heavy atom. The molecule has 0 aromatic heterocycles. The third-order valence-electron chi connectivity index (χ3n) is 4.22. The third-order valence-corrected chi connectivity index (χ3v) is 4.62. The number of carbonyl (C=O) groups is 2. The molecule has 2 aromatic carbocycles. The Labute approximate surface area is 143 Å². The van der Waals surface area contributed by atoms with E-state index in [1.165, 1.54) is 5.01 Å². The first kappa shape index (κ1) is 14.8. The number of anilines is 2. The molecule has 1 saturated heterocycles. The van der Waals surface area contributed by atoms with Gasteiger partial charge in [-0.2, -0.15) is 5.11 Å². The highest BCUT2D eigenvalue weighted by Gasteiger charge is 2.55. The van der Waals surface area contributed by atoms with Gasteiger partial charge < -0.3 is 0 Å². The number of nitrogens with zero attached hydrogens (tertiary/aromatic N) is 4. The Morgan fingerprint density at radius 2 is 1.75 bits per heavy atom. The standard InChI is InChI=1S/C17H13ClN4O2/c1-10-7-8-12(9-13(10)18)21-16(23)14-15(17(21)24)22(20-19-14)11-5-3-2-4-6-11/h2-9,14-15H,1H3/t14-,15-/m0/s1.